The lowest BCUT2D eigenvalue weighted by Gasteiger charge is -2.16. The number of nitrogens with one attached hydrogen (secondary N) is 1. The van der Waals surface area contributed by atoms with E-state index in [2.05, 4.69) is 10.1 Å². The van der Waals surface area contributed by atoms with Gasteiger partial charge in [-0.15, -0.1) is 0 Å². The fraction of sp³-hybridized carbons (Fsp3) is 0.263. The van der Waals surface area contributed by atoms with Gasteiger partial charge in [0.25, 0.3) is 0 Å². The van der Waals surface area contributed by atoms with Crippen LogP contribution in [0.15, 0.2) is 48.5 Å². The average molecular weight is 379 g/mol. The Kier molecular flexibility index (Phi) is 7.10. The molecule has 6 nitrogen and oxygen atoms in total. The number of carbonyl (C=O) groups excluding carboxylic acids is 1. The lowest BCUT2D eigenvalue weighted by Crippen LogP contribution is -2.28. The molecule has 1 atom stereocenters. The molecule has 8 heteroatoms. The number of rotatable bonds is 9. The minimum absolute atomic E-state index is 0.0322. The third-order valence-electron chi connectivity index (χ3n) is 3.66. The molecule has 144 valence electrons. The molecule has 2 aromatic rings. The maximum Gasteiger partial charge on any atom is 0.387 e. The first-order valence-electron chi connectivity index (χ1n) is 8.11. The third kappa shape index (κ3) is 6.58. The minimum atomic E-state index is -2.96. The SMILES string of the molecule is CC(NC(=O)Cc1ccccc1OC(F)F)c1ccc(OCC(=O)O)cc1. The summed E-state index contributed by atoms with van der Waals surface area (Å²) in [6.07, 6.45) is -0.104. The van der Waals surface area contributed by atoms with E-state index in [1.54, 1.807) is 49.4 Å². The van der Waals surface area contributed by atoms with Crippen molar-refractivity contribution in [2.75, 3.05) is 6.61 Å². The van der Waals surface area contributed by atoms with Crippen molar-refractivity contribution < 1.29 is 33.0 Å². The van der Waals surface area contributed by atoms with E-state index < -0.39 is 19.2 Å². The van der Waals surface area contributed by atoms with Gasteiger partial charge < -0.3 is 19.9 Å². The molecule has 1 unspecified atom stereocenters. The van der Waals surface area contributed by atoms with Gasteiger partial charge in [0.2, 0.25) is 5.91 Å². The summed E-state index contributed by atoms with van der Waals surface area (Å²) in [6, 6.07) is 12.4. The van der Waals surface area contributed by atoms with Gasteiger partial charge in [-0.1, -0.05) is 30.3 Å². The van der Waals surface area contributed by atoms with Gasteiger partial charge in [-0.05, 0) is 30.7 Å². The average Bonchev–Trinajstić information content (AvgIpc) is 2.61. The number of halogens is 2. The van der Waals surface area contributed by atoms with Gasteiger partial charge in [-0.2, -0.15) is 8.78 Å². The maximum atomic E-state index is 12.4. The highest BCUT2D eigenvalue weighted by Gasteiger charge is 2.15. The normalized spacial score (nSPS) is 11.7. The summed E-state index contributed by atoms with van der Waals surface area (Å²) < 4.78 is 34.3. The quantitative estimate of drug-likeness (QED) is 0.699. The Morgan fingerprint density at radius 1 is 1.11 bits per heavy atom. The summed E-state index contributed by atoms with van der Waals surface area (Å²) in [5, 5.41) is 11.4. The Hall–Kier alpha value is -3.16. The molecule has 1 amide bonds. The second kappa shape index (κ2) is 9.51. The molecule has 2 N–H and O–H groups in total. The van der Waals surface area contributed by atoms with Gasteiger partial charge in [0.1, 0.15) is 11.5 Å². The highest BCUT2D eigenvalue weighted by molar-refractivity contribution is 5.79. The molecule has 0 saturated heterocycles. The first-order valence-corrected chi connectivity index (χ1v) is 8.11. The van der Waals surface area contributed by atoms with Crippen LogP contribution in [0.5, 0.6) is 11.5 Å². The van der Waals surface area contributed by atoms with Crippen LogP contribution in [0, 0.1) is 0 Å². The number of hydrogen-bond acceptors (Lipinski definition) is 4. The van der Waals surface area contributed by atoms with E-state index in [1.807, 2.05) is 0 Å². The van der Waals surface area contributed by atoms with Gasteiger partial charge in [0.15, 0.2) is 6.61 Å². The molecule has 2 aromatic carbocycles. The molecule has 0 saturated carbocycles. The van der Waals surface area contributed by atoms with Crippen LogP contribution in [0.3, 0.4) is 0 Å². The van der Waals surface area contributed by atoms with Crippen LogP contribution in [0.2, 0.25) is 0 Å². The smallest absolute Gasteiger partial charge is 0.387 e. The monoisotopic (exact) mass is 379 g/mol. The zero-order chi connectivity index (χ0) is 19.8. The van der Waals surface area contributed by atoms with Crippen LogP contribution in [0.1, 0.15) is 24.1 Å². The van der Waals surface area contributed by atoms with Crippen molar-refractivity contribution in [2.45, 2.75) is 26.0 Å². The van der Waals surface area contributed by atoms with Crippen molar-refractivity contribution in [1.29, 1.82) is 0 Å². The number of carboxylic acids is 1. The molecule has 0 aromatic heterocycles. The largest absolute Gasteiger partial charge is 0.482 e. The van der Waals surface area contributed by atoms with Gasteiger partial charge in [0, 0.05) is 5.56 Å². The lowest BCUT2D eigenvalue weighted by atomic mass is 10.1. The molecule has 2 rings (SSSR count). The van der Waals surface area contributed by atoms with Gasteiger partial charge in [-0.25, -0.2) is 4.79 Å². The Labute approximate surface area is 154 Å². The molecule has 0 spiro atoms. The summed E-state index contributed by atoms with van der Waals surface area (Å²) in [5.41, 5.74) is 1.14. The topological polar surface area (TPSA) is 84.9 Å². The number of carbonyl (C=O) groups is 2. The molecule has 27 heavy (non-hydrogen) atoms. The van der Waals surface area contributed by atoms with Crippen LogP contribution in [0.4, 0.5) is 8.78 Å². The molecule has 0 aliphatic heterocycles. The predicted octanol–water partition coefficient (Wildman–Crippen LogP) is 3.17. The summed E-state index contributed by atoms with van der Waals surface area (Å²) in [5.74, 6) is -1.05. The summed E-state index contributed by atoms with van der Waals surface area (Å²) >= 11 is 0. The van der Waals surface area contributed by atoms with Crippen LogP contribution >= 0.6 is 0 Å². The molecule has 0 heterocycles. The zero-order valence-electron chi connectivity index (χ0n) is 14.5. The number of ether oxygens (including phenoxy) is 2. The molecule has 0 fully saturated rings. The van der Waals surface area contributed by atoms with E-state index in [4.69, 9.17) is 9.84 Å². The molecule has 0 bridgehead atoms. The van der Waals surface area contributed by atoms with Gasteiger partial charge in [0.05, 0.1) is 12.5 Å². The summed E-state index contributed by atoms with van der Waals surface area (Å²) in [4.78, 5) is 22.7. The first kappa shape index (κ1) is 20.2. The standard InChI is InChI=1S/C19H19F2NO5/c1-12(13-6-8-15(9-7-13)26-11-18(24)25)22-17(23)10-14-4-2-3-5-16(14)27-19(20)21/h2-9,12,19H,10-11H2,1H3,(H,22,23)(H,24,25). The van der Waals surface area contributed by atoms with Crippen LogP contribution in [-0.4, -0.2) is 30.2 Å². The summed E-state index contributed by atoms with van der Waals surface area (Å²) in [6.45, 7) is -1.63. The number of para-hydroxylation sites is 1. The van der Waals surface area contributed by atoms with Crippen LogP contribution in [0.25, 0.3) is 0 Å². The molecular formula is C19H19F2NO5. The fourth-order valence-corrected chi connectivity index (χ4v) is 2.41. The van der Waals surface area contributed by atoms with Crippen molar-refractivity contribution in [3.8, 4) is 11.5 Å². The summed E-state index contributed by atoms with van der Waals surface area (Å²) in [7, 11) is 0. The van der Waals surface area contributed by atoms with E-state index in [0.717, 1.165) is 5.56 Å². The highest BCUT2D eigenvalue weighted by atomic mass is 19.3. The van der Waals surface area contributed by atoms with Crippen molar-refractivity contribution in [2.24, 2.45) is 0 Å². The Morgan fingerprint density at radius 3 is 2.41 bits per heavy atom. The zero-order valence-corrected chi connectivity index (χ0v) is 14.5. The van der Waals surface area contributed by atoms with Crippen LogP contribution in [-0.2, 0) is 16.0 Å². The van der Waals surface area contributed by atoms with Crippen molar-refractivity contribution >= 4 is 11.9 Å². The van der Waals surface area contributed by atoms with Crippen molar-refractivity contribution in [1.82, 2.24) is 5.32 Å². The number of alkyl halides is 2. The number of aliphatic carboxylic acids is 1. The Morgan fingerprint density at radius 2 is 1.78 bits per heavy atom. The highest BCUT2D eigenvalue weighted by Crippen LogP contribution is 2.22. The molecule has 0 aliphatic rings. The second-order valence-corrected chi connectivity index (χ2v) is 5.70. The van der Waals surface area contributed by atoms with E-state index in [1.165, 1.54) is 6.07 Å². The third-order valence-corrected chi connectivity index (χ3v) is 3.66. The van der Waals surface area contributed by atoms with Crippen molar-refractivity contribution in [3.63, 3.8) is 0 Å². The van der Waals surface area contributed by atoms with Crippen LogP contribution < -0.4 is 14.8 Å². The number of benzene rings is 2. The fourth-order valence-electron chi connectivity index (χ4n) is 2.41. The van der Waals surface area contributed by atoms with E-state index in [9.17, 15) is 18.4 Å². The van der Waals surface area contributed by atoms with E-state index in [-0.39, 0.29) is 24.1 Å². The minimum Gasteiger partial charge on any atom is -0.482 e. The van der Waals surface area contributed by atoms with E-state index in [0.29, 0.717) is 11.3 Å². The van der Waals surface area contributed by atoms with E-state index >= 15 is 0 Å². The Bertz CT molecular complexity index is 780. The molecule has 0 radical (unpaired) electrons. The Balaban J connectivity index is 1.95. The maximum absolute atomic E-state index is 12.4. The van der Waals surface area contributed by atoms with Gasteiger partial charge in [-0.3, -0.25) is 4.79 Å². The molecular weight excluding hydrogens is 360 g/mol. The van der Waals surface area contributed by atoms with Gasteiger partial charge >= 0.3 is 12.6 Å². The number of amides is 1. The molecule has 0 aliphatic carbocycles. The predicted molar refractivity (Wildman–Crippen MR) is 92.9 cm³/mol. The first-order chi connectivity index (χ1) is 12.8. The number of hydrogen-bond donors (Lipinski definition) is 2. The van der Waals surface area contributed by atoms with Crippen molar-refractivity contribution in [3.05, 3.63) is 59.7 Å². The number of carboxylic acid groups (broad SMARTS) is 1. The lowest BCUT2D eigenvalue weighted by molar-refractivity contribution is -0.139. The second-order valence-electron chi connectivity index (χ2n) is 5.70.